The number of piperidine rings is 1. The minimum Gasteiger partial charge on any atom is -0.508 e. The van der Waals surface area contributed by atoms with Gasteiger partial charge in [-0.1, -0.05) is 18.2 Å². The molecule has 1 saturated heterocycles. The number of benzene rings is 1. The van der Waals surface area contributed by atoms with E-state index in [2.05, 4.69) is 5.32 Å². The number of para-hydroxylation sites is 1. The van der Waals surface area contributed by atoms with E-state index in [1.54, 1.807) is 13.2 Å². The van der Waals surface area contributed by atoms with Crippen molar-refractivity contribution in [3.63, 3.8) is 0 Å². The highest BCUT2D eigenvalue weighted by molar-refractivity contribution is 5.35. The summed E-state index contributed by atoms with van der Waals surface area (Å²) in [6, 6.07) is 8.05. The van der Waals surface area contributed by atoms with Crippen LogP contribution in [0.4, 0.5) is 0 Å². The van der Waals surface area contributed by atoms with E-state index in [0.717, 1.165) is 31.6 Å². The van der Waals surface area contributed by atoms with Crippen LogP contribution in [0, 0.1) is 0 Å². The molecular weight excluding hydrogens is 202 g/mol. The van der Waals surface area contributed by atoms with Crippen molar-refractivity contribution in [1.82, 2.24) is 5.32 Å². The van der Waals surface area contributed by atoms with E-state index < -0.39 is 0 Å². The Morgan fingerprint density at radius 3 is 3.00 bits per heavy atom. The molecule has 0 saturated carbocycles. The van der Waals surface area contributed by atoms with Crippen LogP contribution in [0.3, 0.4) is 0 Å². The monoisotopic (exact) mass is 221 g/mol. The molecule has 1 aliphatic rings. The van der Waals surface area contributed by atoms with E-state index >= 15 is 0 Å². The molecule has 2 unspecified atom stereocenters. The predicted molar refractivity (Wildman–Crippen MR) is 63.7 cm³/mol. The predicted octanol–water partition coefficient (Wildman–Crippen LogP) is 1.87. The fraction of sp³-hybridized carbons (Fsp3) is 0.538. The molecule has 0 amide bonds. The molecular formula is C13H19NO2. The molecule has 2 N–H and O–H groups in total. The summed E-state index contributed by atoms with van der Waals surface area (Å²) >= 11 is 0. The number of aromatic hydroxyl groups is 1. The van der Waals surface area contributed by atoms with E-state index in [0.29, 0.717) is 17.7 Å². The molecule has 3 heteroatoms. The Morgan fingerprint density at radius 1 is 1.44 bits per heavy atom. The summed E-state index contributed by atoms with van der Waals surface area (Å²) in [4.78, 5) is 0. The van der Waals surface area contributed by atoms with Crippen molar-refractivity contribution < 1.29 is 9.84 Å². The molecule has 0 spiro atoms. The van der Waals surface area contributed by atoms with Crippen LogP contribution in [0.25, 0.3) is 0 Å². The Bertz CT molecular complexity index is 338. The third kappa shape index (κ3) is 2.54. The Kier molecular flexibility index (Phi) is 3.80. The topological polar surface area (TPSA) is 41.5 Å². The lowest BCUT2D eigenvalue weighted by molar-refractivity contribution is 0.148. The molecule has 1 aromatic carbocycles. The number of hydrogen-bond donors (Lipinski definition) is 2. The largest absolute Gasteiger partial charge is 0.508 e. The zero-order valence-corrected chi connectivity index (χ0v) is 9.65. The molecule has 0 aromatic heterocycles. The van der Waals surface area contributed by atoms with Crippen LogP contribution in [-0.2, 0) is 4.74 Å². The first-order valence-electron chi connectivity index (χ1n) is 5.81. The van der Waals surface area contributed by atoms with Crippen LogP contribution in [0.2, 0.25) is 0 Å². The third-order valence-corrected chi connectivity index (χ3v) is 3.24. The maximum atomic E-state index is 9.83. The Hall–Kier alpha value is -1.06. The maximum Gasteiger partial charge on any atom is 0.119 e. The van der Waals surface area contributed by atoms with Crippen LogP contribution < -0.4 is 5.32 Å². The number of phenols is 1. The lowest BCUT2D eigenvalue weighted by Crippen LogP contribution is -2.40. The Morgan fingerprint density at radius 2 is 2.25 bits per heavy atom. The quantitative estimate of drug-likeness (QED) is 0.818. The summed E-state index contributed by atoms with van der Waals surface area (Å²) in [6.45, 7) is 1.73. The van der Waals surface area contributed by atoms with E-state index in [1.807, 2.05) is 18.2 Å². The van der Waals surface area contributed by atoms with Gasteiger partial charge in [-0.2, -0.15) is 0 Å². The maximum absolute atomic E-state index is 9.83. The summed E-state index contributed by atoms with van der Waals surface area (Å²) in [6.07, 6.45) is 2.11. The van der Waals surface area contributed by atoms with Crippen LogP contribution in [-0.4, -0.2) is 31.4 Å². The molecule has 0 aliphatic carbocycles. The van der Waals surface area contributed by atoms with Crippen LogP contribution in [0.15, 0.2) is 24.3 Å². The van der Waals surface area contributed by atoms with Gasteiger partial charge in [0.1, 0.15) is 5.75 Å². The van der Waals surface area contributed by atoms with Gasteiger partial charge in [0.2, 0.25) is 0 Å². The molecule has 1 heterocycles. The molecule has 16 heavy (non-hydrogen) atoms. The fourth-order valence-electron chi connectivity index (χ4n) is 2.45. The smallest absolute Gasteiger partial charge is 0.119 e. The van der Waals surface area contributed by atoms with Crippen LogP contribution in [0.1, 0.15) is 24.3 Å². The van der Waals surface area contributed by atoms with Crippen molar-refractivity contribution in [1.29, 1.82) is 0 Å². The van der Waals surface area contributed by atoms with Gasteiger partial charge < -0.3 is 15.2 Å². The van der Waals surface area contributed by atoms with Crippen molar-refractivity contribution in [2.24, 2.45) is 0 Å². The molecule has 1 aromatic rings. The lowest BCUT2D eigenvalue weighted by Gasteiger charge is -2.30. The molecule has 2 atom stereocenters. The van der Waals surface area contributed by atoms with Gasteiger partial charge in [0.25, 0.3) is 0 Å². The van der Waals surface area contributed by atoms with Crippen molar-refractivity contribution in [2.75, 3.05) is 20.3 Å². The second-order valence-electron chi connectivity index (χ2n) is 4.39. The summed E-state index contributed by atoms with van der Waals surface area (Å²) in [5.74, 6) is 0.869. The van der Waals surface area contributed by atoms with Crippen molar-refractivity contribution >= 4 is 0 Å². The number of ether oxygens (including phenoxy) is 1. The molecule has 0 bridgehead atoms. The van der Waals surface area contributed by atoms with Crippen LogP contribution >= 0.6 is 0 Å². The van der Waals surface area contributed by atoms with Gasteiger partial charge in [-0.05, 0) is 36.9 Å². The minimum atomic E-state index is 0.406. The highest BCUT2D eigenvalue weighted by Crippen LogP contribution is 2.33. The second kappa shape index (κ2) is 5.32. The van der Waals surface area contributed by atoms with Crippen molar-refractivity contribution in [3.8, 4) is 5.75 Å². The fourth-order valence-corrected chi connectivity index (χ4v) is 2.45. The summed E-state index contributed by atoms with van der Waals surface area (Å²) in [7, 11) is 1.73. The number of methoxy groups -OCH3 is 1. The average molecular weight is 221 g/mol. The van der Waals surface area contributed by atoms with Gasteiger partial charge in [0.15, 0.2) is 0 Å². The van der Waals surface area contributed by atoms with Crippen LogP contribution in [0.5, 0.6) is 5.75 Å². The average Bonchev–Trinajstić information content (AvgIpc) is 2.30. The zero-order chi connectivity index (χ0) is 11.4. The Labute approximate surface area is 96.4 Å². The van der Waals surface area contributed by atoms with Gasteiger partial charge in [0.05, 0.1) is 6.61 Å². The summed E-state index contributed by atoms with van der Waals surface area (Å²) in [5, 5.41) is 13.3. The van der Waals surface area contributed by atoms with E-state index in [1.165, 1.54) is 0 Å². The molecule has 3 nitrogen and oxygen atoms in total. The van der Waals surface area contributed by atoms with E-state index in [4.69, 9.17) is 4.74 Å². The number of nitrogens with one attached hydrogen (secondary N) is 1. The lowest BCUT2D eigenvalue weighted by atomic mass is 9.86. The summed E-state index contributed by atoms with van der Waals surface area (Å²) < 4.78 is 5.17. The first kappa shape index (κ1) is 11.4. The number of hydrogen-bond acceptors (Lipinski definition) is 3. The third-order valence-electron chi connectivity index (χ3n) is 3.24. The Balaban J connectivity index is 2.07. The molecule has 2 rings (SSSR count). The summed E-state index contributed by atoms with van der Waals surface area (Å²) in [5.41, 5.74) is 1.07. The van der Waals surface area contributed by atoms with Gasteiger partial charge in [-0.15, -0.1) is 0 Å². The first-order chi connectivity index (χ1) is 7.81. The van der Waals surface area contributed by atoms with Gasteiger partial charge in [-0.3, -0.25) is 0 Å². The van der Waals surface area contributed by atoms with Gasteiger partial charge >= 0.3 is 0 Å². The normalized spacial score (nSPS) is 25.6. The molecule has 0 radical (unpaired) electrons. The second-order valence-corrected chi connectivity index (χ2v) is 4.39. The van der Waals surface area contributed by atoms with Gasteiger partial charge in [-0.25, -0.2) is 0 Å². The van der Waals surface area contributed by atoms with E-state index in [-0.39, 0.29) is 0 Å². The molecule has 88 valence electrons. The van der Waals surface area contributed by atoms with Crippen molar-refractivity contribution in [2.45, 2.75) is 24.8 Å². The molecule has 1 aliphatic heterocycles. The standard InChI is InChI=1S/C13H19NO2/c1-16-9-11-8-10(6-7-14-11)12-4-2-3-5-13(12)15/h2-5,10-11,14-15H,6-9H2,1H3. The zero-order valence-electron chi connectivity index (χ0n) is 9.65. The van der Waals surface area contributed by atoms with Gasteiger partial charge in [0, 0.05) is 13.2 Å². The van der Waals surface area contributed by atoms with Crippen molar-refractivity contribution in [3.05, 3.63) is 29.8 Å². The minimum absolute atomic E-state index is 0.406. The highest BCUT2D eigenvalue weighted by atomic mass is 16.5. The number of rotatable bonds is 3. The first-order valence-corrected chi connectivity index (χ1v) is 5.81. The highest BCUT2D eigenvalue weighted by Gasteiger charge is 2.24. The number of phenolic OH excluding ortho intramolecular Hbond substituents is 1. The SMILES string of the molecule is COCC1CC(c2ccccc2O)CCN1. The molecule has 1 fully saturated rings. The van der Waals surface area contributed by atoms with E-state index in [9.17, 15) is 5.11 Å².